The van der Waals surface area contributed by atoms with Crippen LogP contribution in [0.4, 0.5) is 4.79 Å². The Morgan fingerprint density at radius 3 is 2.26 bits per heavy atom. The molecule has 8 heteroatoms. The molecule has 0 aliphatic rings. The largest absolute Gasteiger partial charge is 0.444 e. The molecule has 3 rings (SSSR count). The lowest BCUT2D eigenvalue weighted by Gasteiger charge is -2.23. The van der Waals surface area contributed by atoms with Gasteiger partial charge in [-0.1, -0.05) is 42.5 Å². The number of nitrogens with zero attached hydrogens (tertiary/aromatic N) is 1. The molecule has 1 aromatic heterocycles. The van der Waals surface area contributed by atoms with Gasteiger partial charge in [0.2, 0.25) is 0 Å². The minimum Gasteiger partial charge on any atom is -0.444 e. The maximum atomic E-state index is 13.1. The number of alkyl carbamates (subject to hydrolysis) is 1. The zero-order valence-electron chi connectivity index (χ0n) is 17.7. The molecule has 0 unspecified atom stereocenters. The maximum absolute atomic E-state index is 13.1. The number of hydrogen-bond acceptors (Lipinski definition) is 5. The Bertz CT molecular complexity index is 1210. The molecule has 3 aromatic rings. The van der Waals surface area contributed by atoms with Crippen LogP contribution in [0.1, 0.15) is 26.3 Å². The maximum Gasteiger partial charge on any atom is 0.408 e. The van der Waals surface area contributed by atoms with Crippen molar-refractivity contribution in [3.05, 3.63) is 80.9 Å². The Morgan fingerprint density at radius 2 is 1.61 bits per heavy atom. The molecule has 0 saturated carbocycles. The second kappa shape index (κ2) is 8.99. The summed E-state index contributed by atoms with van der Waals surface area (Å²) in [6, 6.07) is 14.6. The van der Waals surface area contributed by atoms with Crippen LogP contribution in [-0.4, -0.2) is 33.3 Å². The molecule has 8 nitrogen and oxygen atoms in total. The highest BCUT2D eigenvalue weighted by Crippen LogP contribution is 2.10. The van der Waals surface area contributed by atoms with Crippen LogP contribution in [0.2, 0.25) is 0 Å². The highest BCUT2D eigenvalue weighted by molar-refractivity contribution is 5.88. The second-order valence-corrected chi connectivity index (χ2v) is 8.23. The van der Waals surface area contributed by atoms with Gasteiger partial charge < -0.3 is 10.1 Å². The summed E-state index contributed by atoms with van der Waals surface area (Å²) in [5.41, 5.74) is -0.858. The molecule has 0 radical (unpaired) electrons. The standard InChI is InChI=1S/C23H25N3O5/c1-23(2,3)31-22(30)24-18(13-15-9-5-4-6-10-15)19(27)14-26-21(29)17-12-8-7-11-16(17)20(28)25-26/h4-12,18H,13-14H2,1-3H3,(H,24,30)(H,25,28)/t18-/m0/s1. The minimum atomic E-state index is -0.945. The normalized spacial score (nSPS) is 12.4. The Morgan fingerprint density at radius 1 is 1.00 bits per heavy atom. The smallest absolute Gasteiger partial charge is 0.408 e. The van der Waals surface area contributed by atoms with E-state index in [1.165, 1.54) is 6.07 Å². The molecule has 2 N–H and O–H groups in total. The van der Waals surface area contributed by atoms with Crippen molar-refractivity contribution in [1.29, 1.82) is 0 Å². The Balaban J connectivity index is 1.88. The molecule has 1 atom stereocenters. The number of Topliss-reactive ketones (excluding diaryl/α,β-unsaturated/α-hetero) is 1. The van der Waals surface area contributed by atoms with E-state index in [4.69, 9.17) is 4.74 Å². The fraction of sp³-hybridized carbons (Fsp3) is 0.304. The summed E-state index contributed by atoms with van der Waals surface area (Å²) in [4.78, 5) is 50.4. The lowest BCUT2D eigenvalue weighted by molar-refractivity contribution is -0.122. The lowest BCUT2D eigenvalue weighted by atomic mass is 10.0. The first-order chi connectivity index (χ1) is 14.6. The number of nitrogens with one attached hydrogen (secondary N) is 2. The first-order valence-electron chi connectivity index (χ1n) is 9.92. The van der Waals surface area contributed by atoms with Gasteiger partial charge in [-0.15, -0.1) is 0 Å². The van der Waals surface area contributed by atoms with Crippen LogP contribution in [0.25, 0.3) is 10.8 Å². The van der Waals surface area contributed by atoms with Crippen molar-refractivity contribution in [1.82, 2.24) is 15.1 Å². The molecule has 0 aliphatic heterocycles. The molecule has 2 aromatic carbocycles. The topological polar surface area (TPSA) is 110 Å². The van der Waals surface area contributed by atoms with E-state index >= 15 is 0 Å². The van der Waals surface area contributed by atoms with Crippen LogP contribution < -0.4 is 16.4 Å². The number of aromatic amines is 1. The van der Waals surface area contributed by atoms with E-state index in [1.54, 1.807) is 39.0 Å². The van der Waals surface area contributed by atoms with Gasteiger partial charge in [-0.3, -0.25) is 19.5 Å². The third-order valence-electron chi connectivity index (χ3n) is 4.56. The molecule has 1 heterocycles. The lowest BCUT2D eigenvalue weighted by Crippen LogP contribution is -2.47. The number of hydrogen-bond donors (Lipinski definition) is 2. The van der Waals surface area contributed by atoms with Gasteiger partial charge in [0.15, 0.2) is 5.78 Å². The fourth-order valence-corrected chi connectivity index (χ4v) is 3.17. The van der Waals surface area contributed by atoms with Gasteiger partial charge in [0, 0.05) is 0 Å². The van der Waals surface area contributed by atoms with Gasteiger partial charge in [0.1, 0.15) is 12.1 Å². The van der Waals surface area contributed by atoms with Gasteiger partial charge in [0.05, 0.1) is 16.8 Å². The molecular weight excluding hydrogens is 398 g/mol. The second-order valence-electron chi connectivity index (χ2n) is 8.23. The molecular formula is C23H25N3O5. The molecule has 0 saturated heterocycles. The first-order valence-corrected chi connectivity index (χ1v) is 9.92. The van der Waals surface area contributed by atoms with E-state index in [0.717, 1.165) is 10.2 Å². The summed E-state index contributed by atoms with van der Waals surface area (Å²) >= 11 is 0. The Labute approximate surface area is 178 Å². The summed E-state index contributed by atoms with van der Waals surface area (Å²) < 4.78 is 6.25. The summed E-state index contributed by atoms with van der Waals surface area (Å²) in [5.74, 6) is -0.442. The van der Waals surface area contributed by atoms with Crippen molar-refractivity contribution in [3.8, 4) is 0 Å². The number of carbonyl (C=O) groups excluding carboxylic acids is 2. The number of ketones is 1. The monoisotopic (exact) mass is 423 g/mol. The molecule has 0 spiro atoms. The molecule has 0 bridgehead atoms. The highest BCUT2D eigenvalue weighted by Gasteiger charge is 2.25. The third-order valence-corrected chi connectivity index (χ3v) is 4.56. The number of rotatable bonds is 6. The van der Waals surface area contributed by atoms with Gasteiger partial charge in [0.25, 0.3) is 11.1 Å². The third kappa shape index (κ3) is 5.69. The van der Waals surface area contributed by atoms with E-state index in [9.17, 15) is 19.2 Å². The highest BCUT2D eigenvalue weighted by atomic mass is 16.6. The fourth-order valence-electron chi connectivity index (χ4n) is 3.17. The van der Waals surface area contributed by atoms with E-state index in [0.29, 0.717) is 0 Å². The number of carbonyl (C=O) groups is 2. The van der Waals surface area contributed by atoms with Crippen LogP contribution in [0.5, 0.6) is 0 Å². The quantitative estimate of drug-likeness (QED) is 0.633. The molecule has 162 valence electrons. The minimum absolute atomic E-state index is 0.214. The summed E-state index contributed by atoms with van der Waals surface area (Å²) in [5, 5.41) is 5.51. The van der Waals surface area contributed by atoms with Crippen molar-refractivity contribution in [3.63, 3.8) is 0 Å². The van der Waals surface area contributed by atoms with Crippen molar-refractivity contribution in [2.75, 3.05) is 0 Å². The molecule has 0 aliphatic carbocycles. The number of benzene rings is 2. The van der Waals surface area contributed by atoms with Crippen LogP contribution in [0.15, 0.2) is 64.2 Å². The van der Waals surface area contributed by atoms with Gasteiger partial charge >= 0.3 is 6.09 Å². The predicted molar refractivity (Wildman–Crippen MR) is 117 cm³/mol. The van der Waals surface area contributed by atoms with Gasteiger partial charge in [-0.05, 0) is 44.9 Å². The zero-order chi connectivity index (χ0) is 22.6. The number of ether oxygens (including phenoxy) is 1. The average Bonchev–Trinajstić information content (AvgIpc) is 2.70. The Hall–Kier alpha value is -3.68. The zero-order valence-corrected chi connectivity index (χ0v) is 17.7. The average molecular weight is 423 g/mol. The van der Waals surface area contributed by atoms with Gasteiger partial charge in [-0.25, -0.2) is 9.48 Å². The van der Waals surface area contributed by atoms with Crippen molar-refractivity contribution >= 4 is 22.6 Å². The van der Waals surface area contributed by atoms with E-state index in [2.05, 4.69) is 10.4 Å². The van der Waals surface area contributed by atoms with E-state index in [1.807, 2.05) is 30.3 Å². The van der Waals surface area contributed by atoms with E-state index < -0.39 is 41.2 Å². The summed E-state index contributed by atoms with van der Waals surface area (Å²) in [7, 11) is 0. The summed E-state index contributed by atoms with van der Waals surface area (Å²) in [6.07, 6.45) is -0.521. The van der Waals surface area contributed by atoms with Crippen molar-refractivity contribution < 1.29 is 14.3 Å². The predicted octanol–water partition coefficient (Wildman–Crippen LogP) is 2.39. The number of amides is 1. The molecule has 1 amide bonds. The van der Waals surface area contributed by atoms with Gasteiger partial charge in [-0.2, -0.15) is 0 Å². The van der Waals surface area contributed by atoms with Crippen LogP contribution in [0, 0.1) is 0 Å². The first kappa shape index (κ1) is 22.0. The number of H-pyrrole nitrogens is 1. The number of fused-ring (bicyclic) bond motifs is 1. The van der Waals surface area contributed by atoms with Crippen LogP contribution in [0.3, 0.4) is 0 Å². The number of aromatic nitrogens is 2. The van der Waals surface area contributed by atoms with Crippen molar-refractivity contribution in [2.24, 2.45) is 0 Å². The molecule has 0 fully saturated rings. The molecule has 31 heavy (non-hydrogen) atoms. The van der Waals surface area contributed by atoms with Crippen molar-refractivity contribution in [2.45, 2.75) is 45.4 Å². The summed E-state index contributed by atoms with van der Waals surface area (Å²) in [6.45, 7) is 4.77. The SMILES string of the molecule is CC(C)(C)OC(=O)N[C@@H](Cc1ccccc1)C(=O)Cn1[nH]c(=O)c2ccccc2c1=O. The van der Waals surface area contributed by atoms with E-state index in [-0.39, 0.29) is 17.2 Å². The van der Waals surface area contributed by atoms with Crippen LogP contribution >= 0.6 is 0 Å². The Kier molecular flexibility index (Phi) is 6.39. The van der Waals surface area contributed by atoms with Crippen LogP contribution in [-0.2, 0) is 22.5 Å².